The van der Waals surface area contributed by atoms with Crippen molar-refractivity contribution in [2.24, 2.45) is 40.9 Å². The van der Waals surface area contributed by atoms with Crippen LogP contribution < -0.4 is 5.30 Å². The first-order valence-corrected chi connectivity index (χ1v) is 22.8. The van der Waals surface area contributed by atoms with E-state index in [1.54, 1.807) is 0 Å². The molecule has 10 unspecified atom stereocenters. The molecule has 0 aromatic heterocycles. The molecule has 7 rings (SSSR count). The van der Waals surface area contributed by atoms with E-state index in [1.165, 1.54) is 119 Å². The third-order valence-electron chi connectivity index (χ3n) is 14.8. The molecule has 1 heterocycles. The van der Waals surface area contributed by atoms with E-state index in [0.717, 1.165) is 54.2 Å². The van der Waals surface area contributed by atoms with E-state index in [-0.39, 0.29) is 5.66 Å². The number of rotatable bonds is 8. The maximum atomic E-state index is 15.9. The Morgan fingerprint density at radius 3 is 2.57 bits per heavy atom. The first-order chi connectivity index (χ1) is 23.9. The van der Waals surface area contributed by atoms with Gasteiger partial charge in [-0.25, -0.2) is 0 Å². The lowest BCUT2D eigenvalue weighted by molar-refractivity contribution is 0.203. The maximum absolute atomic E-state index is 15.9. The predicted molar refractivity (Wildman–Crippen MR) is 212 cm³/mol. The van der Waals surface area contributed by atoms with E-state index in [1.807, 2.05) is 0 Å². The molecule has 1 aromatic rings. The van der Waals surface area contributed by atoms with Crippen molar-refractivity contribution in [2.75, 3.05) is 0 Å². The van der Waals surface area contributed by atoms with E-state index >= 15 is 4.57 Å². The van der Waals surface area contributed by atoms with Crippen molar-refractivity contribution in [3.8, 4) is 0 Å². The van der Waals surface area contributed by atoms with Crippen LogP contribution in [-0.2, 0) is 4.57 Å². The highest BCUT2D eigenvalue weighted by Crippen LogP contribution is 2.65. The van der Waals surface area contributed by atoms with Crippen molar-refractivity contribution in [1.29, 1.82) is 0 Å². The van der Waals surface area contributed by atoms with Crippen LogP contribution in [0, 0.1) is 40.9 Å². The van der Waals surface area contributed by atoms with Gasteiger partial charge in [-0.1, -0.05) is 150 Å². The Morgan fingerprint density at radius 2 is 1.69 bits per heavy atom. The average Bonchev–Trinajstić information content (AvgIpc) is 3.81. The fraction of sp³-hybridized carbons (Fsp3) is 0.660. The summed E-state index contributed by atoms with van der Waals surface area (Å²) in [5.74, 6) is 5.67. The number of hydrogen-bond donors (Lipinski definition) is 0. The van der Waals surface area contributed by atoms with E-state index in [2.05, 4.69) is 93.6 Å². The third kappa shape index (κ3) is 7.84. The highest BCUT2D eigenvalue weighted by Gasteiger charge is 2.53. The summed E-state index contributed by atoms with van der Waals surface area (Å²) in [5.41, 5.74) is 3.60. The van der Waals surface area contributed by atoms with E-state index in [4.69, 9.17) is 0 Å². The molecular weight excluding hydrogens is 611 g/mol. The van der Waals surface area contributed by atoms with Crippen molar-refractivity contribution in [2.45, 2.75) is 154 Å². The van der Waals surface area contributed by atoms with Gasteiger partial charge >= 0.3 is 0 Å². The van der Waals surface area contributed by atoms with Crippen LogP contribution in [0.4, 0.5) is 0 Å². The Balaban J connectivity index is 1.02. The highest BCUT2D eigenvalue weighted by molar-refractivity contribution is 7.76. The highest BCUT2D eigenvalue weighted by atomic mass is 31.2. The first kappa shape index (κ1) is 35.5. The number of allylic oxidation sites excluding steroid dienone is 10. The van der Waals surface area contributed by atoms with Gasteiger partial charge in [-0.2, -0.15) is 0 Å². The standard InChI is InChI=1S/C47H67OP/c1-4-38-31-40(19-7-5-6-18-39-28-27-37-17-12-21-42-34-47(42,33-37)30-14-16-36(39)3)41-20-13-23-44(32-41)49(48,46-25-11-10-24-45(38)46)43-22-9-8-15-35(2)26-29-43/h8-12,15,21-22,24-26,29,36-42,44H,4-7,13-14,16-20,23,27-28,30-34H2,1-3H3/b9-8-,15-8?,22-9?,29-26+,35-15+,35-26?,43-22+,43-29?. The van der Waals surface area contributed by atoms with Gasteiger partial charge < -0.3 is 4.57 Å². The quantitative estimate of drug-likeness (QED) is 0.152. The molecule has 49 heavy (non-hydrogen) atoms. The topological polar surface area (TPSA) is 17.1 Å². The van der Waals surface area contributed by atoms with Crippen LogP contribution in [0.1, 0.15) is 154 Å². The van der Waals surface area contributed by atoms with Gasteiger partial charge in [-0.15, -0.1) is 0 Å². The van der Waals surface area contributed by atoms with Crippen molar-refractivity contribution in [3.05, 3.63) is 89.3 Å². The van der Waals surface area contributed by atoms with E-state index in [0.29, 0.717) is 17.3 Å². The summed E-state index contributed by atoms with van der Waals surface area (Å²) < 4.78 is 15.9. The average molecular weight is 679 g/mol. The Morgan fingerprint density at radius 1 is 0.857 bits per heavy atom. The number of fused-ring (bicyclic) bond motifs is 4. The second kappa shape index (κ2) is 15.8. The molecular formula is C47H67OP. The minimum absolute atomic E-state index is 0.261. The molecule has 10 atom stereocenters. The largest absolute Gasteiger partial charge is 0.313 e. The summed E-state index contributed by atoms with van der Waals surface area (Å²) >= 11 is 0. The lowest BCUT2D eigenvalue weighted by Crippen LogP contribution is -2.28. The van der Waals surface area contributed by atoms with E-state index in [9.17, 15) is 0 Å². The Kier molecular flexibility index (Phi) is 11.5. The van der Waals surface area contributed by atoms with Crippen molar-refractivity contribution < 1.29 is 4.57 Å². The van der Waals surface area contributed by atoms with Gasteiger partial charge in [0.1, 0.15) is 7.14 Å². The summed E-state index contributed by atoms with van der Waals surface area (Å²) in [5, 5.41) is 2.26. The lowest BCUT2D eigenvalue weighted by atomic mass is 9.72. The van der Waals surface area contributed by atoms with E-state index < -0.39 is 7.14 Å². The zero-order valence-corrected chi connectivity index (χ0v) is 32.2. The van der Waals surface area contributed by atoms with Crippen molar-refractivity contribution in [1.82, 2.24) is 0 Å². The zero-order valence-electron chi connectivity index (χ0n) is 31.3. The van der Waals surface area contributed by atoms with Crippen LogP contribution in [0.5, 0.6) is 0 Å². The molecule has 4 bridgehead atoms. The molecule has 1 nitrogen and oxygen atoms in total. The van der Waals surface area contributed by atoms with Crippen LogP contribution in [0.25, 0.3) is 0 Å². The van der Waals surface area contributed by atoms with Gasteiger partial charge in [-0.3, -0.25) is 0 Å². The number of hydrogen-bond acceptors (Lipinski definition) is 1. The predicted octanol–water partition coefficient (Wildman–Crippen LogP) is 13.8. The summed E-state index contributed by atoms with van der Waals surface area (Å²) in [7, 11) is -2.81. The molecule has 0 saturated heterocycles. The minimum Gasteiger partial charge on any atom is -0.313 e. The molecule has 1 aliphatic heterocycles. The minimum atomic E-state index is -2.81. The van der Waals surface area contributed by atoms with Crippen LogP contribution in [-0.4, -0.2) is 5.66 Å². The zero-order chi connectivity index (χ0) is 33.8. The smallest absolute Gasteiger partial charge is 0.146 e. The number of benzene rings is 1. The van der Waals surface area contributed by atoms with Crippen molar-refractivity contribution in [3.63, 3.8) is 0 Å². The summed E-state index contributed by atoms with van der Waals surface area (Å²) in [6.45, 7) is 7.13. The van der Waals surface area contributed by atoms with Gasteiger partial charge in [0.05, 0.1) is 0 Å². The first-order valence-electron chi connectivity index (χ1n) is 21.0. The molecule has 0 amide bonds. The van der Waals surface area contributed by atoms with Crippen molar-refractivity contribution >= 4 is 12.4 Å². The molecule has 1 aromatic carbocycles. The SMILES string of the molecule is CCC1CC(CCCCCC2CCC3CC=CC4CC4(CCCC2C)C3)C2CCCC(C2)P(=O)(C2=C/C=C\C=C(C)\C=C\2)c2ccccc21. The van der Waals surface area contributed by atoms with Gasteiger partial charge in [0.25, 0.3) is 0 Å². The van der Waals surface area contributed by atoms with Crippen LogP contribution in [0.2, 0.25) is 0 Å². The van der Waals surface area contributed by atoms with Gasteiger partial charge in [0, 0.05) is 16.3 Å². The summed E-state index contributed by atoms with van der Waals surface area (Å²) in [4.78, 5) is 0. The van der Waals surface area contributed by atoms with Crippen LogP contribution >= 0.6 is 7.14 Å². The Hall–Kier alpha value is -1.85. The molecule has 1 spiro atoms. The fourth-order valence-electron chi connectivity index (χ4n) is 11.7. The number of unbranched alkanes of at least 4 members (excludes halogenated alkanes) is 2. The van der Waals surface area contributed by atoms with Gasteiger partial charge in [0.2, 0.25) is 0 Å². The second-order valence-corrected chi connectivity index (χ2v) is 20.9. The van der Waals surface area contributed by atoms with Gasteiger partial charge in [-0.05, 0) is 124 Å². The fourth-order valence-corrected chi connectivity index (χ4v) is 15.5. The normalized spacial score (nSPS) is 42.4. The summed E-state index contributed by atoms with van der Waals surface area (Å²) in [6.07, 6.45) is 44.2. The molecule has 2 heteroatoms. The molecule has 3 fully saturated rings. The molecule has 3 saturated carbocycles. The van der Waals surface area contributed by atoms with Crippen LogP contribution in [0.3, 0.4) is 0 Å². The molecule has 5 aliphatic carbocycles. The molecule has 6 aliphatic rings. The molecule has 266 valence electrons. The van der Waals surface area contributed by atoms with Gasteiger partial charge in [0.15, 0.2) is 0 Å². The van der Waals surface area contributed by atoms with Crippen LogP contribution in [0.15, 0.2) is 83.8 Å². The molecule has 0 radical (unpaired) electrons. The lowest BCUT2D eigenvalue weighted by Gasteiger charge is -2.38. The monoisotopic (exact) mass is 678 g/mol. The second-order valence-electron chi connectivity index (χ2n) is 17.9. The molecule has 0 N–H and O–H groups in total. The third-order valence-corrected chi connectivity index (χ3v) is 18.5. The Bertz CT molecular complexity index is 1490. The summed E-state index contributed by atoms with van der Waals surface area (Å²) in [6, 6.07) is 8.99. The maximum Gasteiger partial charge on any atom is 0.146 e. The Labute approximate surface area is 300 Å².